The third-order valence-electron chi connectivity index (χ3n) is 6.24. The first kappa shape index (κ1) is 27.1. The standard InChI is InChI=1S/C29H27ClN4O3S/c1-16-10-11-20(13-22(16)30)33-24(35)15-38-29-21(14-31)26(23-9-6-12-37-23)25(19(4)32-29)28(36)34-27-17(2)7-5-8-18(27)3/h5-13,26,32H,15H2,1-4H3,(H,33,35)(H,34,36)/t26-/m1/s1. The molecular formula is C29H27ClN4O3S. The summed E-state index contributed by atoms with van der Waals surface area (Å²) in [6.45, 7) is 7.52. The molecule has 0 bridgehead atoms. The van der Waals surface area contributed by atoms with Gasteiger partial charge in [0.25, 0.3) is 5.91 Å². The maximum absolute atomic E-state index is 13.6. The number of thioether (sulfide) groups is 1. The van der Waals surface area contributed by atoms with Gasteiger partial charge < -0.3 is 20.4 Å². The Bertz CT molecular complexity index is 1480. The maximum atomic E-state index is 13.6. The number of nitriles is 1. The Morgan fingerprint density at radius 1 is 1.05 bits per heavy atom. The fourth-order valence-electron chi connectivity index (χ4n) is 4.27. The Balaban J connectivity index is 1.59. The van der Waals surface area contributed by atoms with Gasteiger partial charge in [-0.2, -0.15) is 5.26 Å². The number of hydrogen-bond acceptors (Lipinski definition) is 6. The lowest BCUT2D eigenvalue weighted by molar-refractivity contribution is -0.114. The van der Waals surface area contributed by atoms with E-state index in [9.17, 15) is 14.9 Å². The summed E-state index contributed by atoms with van der Waals surface area (Å²) >= 11 is 7.35. The number of amides is 2. The SMILES string of the molecule is CC1=C(C(=O)Nc2c(C)cccc2C)[C@@H](c2ccco2)C(C#N)=C(SCC(=O)Nc2ccc(C)c(Cl)c2)N1. The minimum atomic E-state index is -0.734. The number of halogens is 1. The molecule has 0 aliphatic carbocycles. The number of para-hydroxylation sites is 1. The predicted molar refractivity (Wildman–Crippen MR) is 152 cm³/mol. The summed E-state index contributed by atoms with van der Waals surface area (Å²) in [5.41, 5.74) is 5.35. The average Bonchev–Trinajstić information content (AvgIpc) is 3.41. The van der Waals surface area contributed by atoms with E-state index < -0.39 is 5.92 Å². The first-order valence-electron chi connectivity index (χ1n) is 11.9. The van der Waals surface area contributed by atoms with Crippen LogP contribution in [0, 0.1) is 32.1 Å². The number of carbonyl (C=O) groups excluding carboxylic acids is 2. The van der Waals surface area contributed by atoms with Crippen LogP contribution < -0.4 is 16.0 Å². The predicted octanol–water partition coefficient (Wildman–Crippen LogP) is 6.56. The molecule has 0 fully saturated rings. The second kappa shape index (κ2) is 11.6. The largest absolute Gasteiger partial charge is 0.468 e. The molecule has 3 N–H and O–H groups in total. The van der Waals surface area contributed by atoms with Gasteiger partial charge in [-0.05, 0) is 68.7 Å². The number of allylic oxidation sites excluding steroid dienone is 2. The number of benzene rings is 2. The number of hydrogen-bond donors (Lipinski definition) is 3. The van der Waals surface area contributed by atoms with Crippen LogP contribution in [0.25, 0.3) is 0 Å². The van der Waals surface area contributed by atoms with Gasteiger partial charge in [-0.15, -0.1) is 0 Å². The van der Waals surface area contributed by atoms with Crippen molar-refractivity contribution in [1.29, 1.82) is 5.26 Å². The van der Waals surface area contributed by atoms with Crippen LogP contribution >= 0.6 is 23.4 Å². The molecule has 1 atom stereocenters. The molecule has 3 aromatic rings. The van der Waals surface area contributed by atoms with E-state index in [1.54, 1.807) is 31.2 Å². The minimum Gasteiger partial charge on any atom is -0.468 e. The normalized spacial score (nSPS) is 15.1. The van der Waals surface area contributed by atoms with Gasteiger partial charge >= 0.3 is 0 Å². The lowest BCUT2D eigenvalue weighted by Crippen LogP contribution is -2.31. The van der Waals surface area contributed by atoms with Crippen molar-refractivity contribution >= 4 is 46.6 Å². The van der Waals surface area contributed by atoms with E-state index >= 15 is 0 Å². The fourth-order valence-corrected chi connectivity index (χ4v) is 5.34. The molecule has 1 aliphatic heterocycles. The number of dihydropyridines is 1. The van der Waals surface area contributed by atoms with Crippen molar-refractivity contribution in [3.63, 3.8) is 0 Å². The molecule has 7 nitrogen and oxygen atoms in total. The second-order valence-corrected chi connectivity index (χ2v) is 10.4. The summed E-state index contributed by atoms with van der Waals surface area (Å²) < 4.78 is 5.68. The first-order valence-corrected chi connectivity index (χ1v) is 13.3. The lowest BCUT2D eigenvalue weighted by atomic mass is 9.85. The van der Waals surface area contributed by atoms with Crippen molar-refractivity contribution in [1.82, 2.24) is 5.32 Å². The van der Waals surface area contributed by atoms with Gasteiger partial charge in [0, 0.05) is 22.1 Å². The van der Waals surface area contributed by atoms with E-state index in [1.165, 1.54) is 18.0 Å². The van der Waals surface area contributed by atoms with Crippen LogP contribution in [-0.2, 0) is 9.59 Å². The lowest BCUT2D eigenvalue weighted by Gasteiger charge is -2.28. The zero-order valence-corrected chi connectivity index (χ0v) is 23.0. The van der Waals surface area contributed by atoms with Crippen molar-refractivity contribution in [3.05, 3.63) is 104 Å². The Kier molecular flexibility index (Phi) is 8.30. The Hall–Kier alpha value is -3.93. The van der Waals surface area contributed by atoms with Crippen LogP contribution in [0.5, 0.6) is 0 Å². The van der Waals surface area contributed by atoms with Gasteiger partial charge in [0.15, 0.2) is 0 Å². The smallest absolute Gasteiger partial charge is 0.254 e. The molecule has 0 spiro atoms. The molecule has 0 saturated carbocycles. The maximum Gasteiger partial charge on any atom is 0.254 e. The highest BCUT2D eigenvalue weighted by atomic mass is 35.5. The van der Waals surface area contributed by atoms with Crippen LogP contribution in [0.4, 0.5) is 11.4 Å². The van der Waals surface area contributed by atoms with Crippen LogP contribution in [0.3, 0.4) is 0 Å². The van der Waals surface area contributed by atoms with E-state index in [-0.39, 0.29) is 17.6 Å². The summed E-state index contributed by atoms with van der Waals surface area (Å²) in [5, 5.41) is 20.3. The summed E-state index contributed by atoms with van der Waals surface area (Å²) in [4.78, 5) is 26.3. The summed E-state index contributed by atoms with van der Waals surface area (Å²) in [6, 6.07) is 16.8. The van der Waals surface area contributed by atoms with Gasteiger partial charge in [-0.25, -0.2) is 0 Å². The number of furan rings is 1. The van der Waals surface area contributed by atoms with Gasteiger partial charge in [0.05, 0.1) is 40.2 Å². The molecule has 1 aliphatic rings. The fraction of sp³-hybridized carbons (Fsp3) is 0.207. The number of carbonyl (C=O) groups is 2. The molecule has 0 saturated heterocycles. The number of rotatable bonds is 7. The van der Waals surface area contributed by atoms with Crippen LogP contribution in [0.2, 0.25) is 5.02 Å². The molecule has 9 heteroatoms. The highest BCUT2D eigenvalue weighted by molar-refractivity contribution is 8.03. The number of nitrogens with one attached hydrogen (secondary N) is 3. The zero-order valence-electron chi connectivity index (χ0n) is 21.4. The molecule has 2 aromatic carbocycles. The highest BCUT2D eigenvalue weighted by Gasteiger charge is 2.36. The molecule has 194 valence electrons. The quantitative estimate of drug-likeness (QED) is 0.309. The van der Waals surface area contributed by atoms with Crippen LogP contribution in [-0.4, -0.2) is 17.6 Å². The van der Waals surface area contributed by atoms with Crippen molar-refractivity contribution in [2.75, 3.05) is 16.4 Å². The van der Waals surface area contributed by atoms with Gasteiger partial charge in [0.2, 0.25) is 5.91 Å². The topological polar surface area (TPSA) is 107 Å². The van der Waals surface area contributed by atoms with Gasteiger partial charge in [0.1, 0.15) is 5.76 Å². The highest BCUT2D eigenvalue weighted by Crippen LogP contribution is 2.41. The zero-order chi connectivity index (χ0) is 27.4. The van der Waals surface area contributed by atoms with Crippen molar-refractivity contribution < 1.29 is 14.0 Å². The number of aryl methyl sites for hydroxylation is 3. The summed E-state index contributed by atoms with van der Waals surface area (Å²) in [5.74, 6) is -0.815. The Morgan fingerprint density at radius 2 is 1.79 bits per heavy atom. The molecule has 1 aromatic heterocycles. The third-order valence-corrected chi connectivity index (χ3v) is 7.67. The molecule has 38 heavy (non-hydrogen) atoms. The van der Waals surface area contributed by atoms with Crippen LogP contribution in [0.15, 0.2) is 81.1 Å². The first-order chi connectivity index (χ1) is 18.2. The van der Waals surface area contributed by atoms with Crippen molar-refractivity contribution in [2.45, 2.75) is 33.6 Å². The Morgan fingerprint density at radius 3 is 2.42 bits per heavy atom. The molecule has 0 radical (unpaired) electrons. The van der Waals surface area contributed by atoms with E-state index in [0.29, 0.717) is 38.3 Å². The number of nitrogens with zero attached hydrogens (tertiary/aromatic N) is 1. The van der Waals surface area contributed by atoms with E-state index in [0.717, 1.165) is 22.4 Å². The van der Waals surface area contributed by atoms with E-state index in [4.69, 9.17) is 16.0 Å². The third kappa shape index (κ3) is 5.80. The average molecular weight is 547 g/mol. The second-order valence-electron chi connectivity index (χ2n) is 8.99. The molecular weight excluding hydrogens is 520 g/mol. The molecule has 4 rings (SSSR count). The molecule has 2 amide bonds. The van der Waals surface area contributed by atoms with Gasteiger partial charge in [-0.1, -0.05) is 47.6 Å². The van der Waals surface area contributed by atoms with Gasteiger partial charge in [-0.3, -0.25) is 9.59 Å². The van der Waals surface area contributed by atoms with E-state index in [2.05, 4.69) is 22.0 Å². The van der Waals surface area contributed by atoms with Crippen LogP contribution in [0.1, 0.15) is 35.3 Å². The van der Waals surface area contributed by atoms with E-state index in [1.807, 2.05) is 45.0 Å². The number of anilines is 2. The molecule has 2 heterocycles. The monoisotopic (exact) mass is 546 g/mol. The minimum absolute atomic E-state index is 0.0428. The Labute approximate surface area is 230 Å². The molecule has 0 unspecified atom stereocenters. The van der Waals surface area contributed by atoms with Crippen molar-refractivity contribution in [3.8, 4) is 6.07 Å². The summed E-state index contributed by atoms with van der Waals surface area (Å²) in [7, 11) is 0. The van der Waals surface area contributed by atoms with Crippen molar-refractivity contribution in [2.24, 2.45) is 0 Å². The summed E-state index contributed by atoms with van der Waals surface area (Å²) in [6.07, 6.45) is 1.51.